The Kier molecular flexibility index (Phi) is 10.0. The normalized spacial score (nSPS) is 22.6. The number of aliphatic hydroxyl groups is 1. The summed E-state index contributed by atoms with van der Waals surface area (Å²) in [5.41, 5.74) is 6.08. The average molecular weight is 634 g/mol. The number of sulfonamides is 1. The molecule has 13 heteroatoms. The van der Waals surface area contributed by atoms with Crippen LogP contribution in [0.1, 0.15) is 38.7 Å². The van der Waals surface area contributed by atoms with E-state index in [1.165, 1.54) is 15.3 Å². The molecule has 2 aromatic carbocycles. The summed E-state index contributed by atoms with van der Waals surface area (Å²) < 4.78 is 52.4. The van der Waals surface area contributed by atoms with Crippen molar-refractivity contribution in [2.75, 3.05) is 39.6 Å². The number of benzene rings is 2. The molecule has 0 spiro atoms. The summed E-state index contributed by atoms with van der Waals surface area (Å²) in [5, 5.41) is 22.5. The Hall–Kier alpha value is -2.94. The molecule has 5 rings (SSSR count). The van der Waals surface area contributed by atoms with Crippen LogP contribution in [0.3, 0.4) is 0 Å². The molecule has 0 bridgehead atoms. The van der Waals surface area contributed by atoms with E-state index >= 15 is 0 Å². The number of nitrogens with zero attached hydrogens (tertiary/aromatic N) is 2. The zero-order valence-corrected chi connectivity index (χ0v) is 26.0. The number of hydrogen-bond acceptors (Lipinski definition) is 9. The Morgan fingerprint density at radius 3 is 2.61 bits per heavy atom. The lowest BCUT2D eigenvalue weighted by molar-refractivity contribution is -0.0906. The first-order valence-electron chi connectivity index (χ1n) is 15.1. The predicted molar refractivity (Wildman–Crippen MR) is 161 cm³/mol. The van der Waals surface area contributed by atoms with Crippen molar-refractivity contribution in [3.63, 3.8) is 0 Å². The molecule has 0 radical (unpaired) electrons. The van der Waals surface area contributed by atoms with Crippen molar-refractivity contribution in [2.24, 2.45) is 17.1 Å². The second-order valence-corrected chi connectivity index (χ2v) is 14.4. The molecule has 2 fully saturated rings. The van der Waals surface area contributed by atoms with Gasteiger partial charge in [-0.2, -0.15) is 4.31 Å². The van der Waals surface area contributed by atoms with Gasteiger partial charge in [0.05, 0.1) is 31.4 Å². The second-order valence-electron chi connectivity index (χ2n) is 12.5. The van der Waals surface area contributed by atoms with Gasteiger partial charge in [0, 0.05) is 19.0 Å². The zero-order valence-electron chi connectivity index (χ0n) is 25.2. The van der Waals surface area contributed by atoms with Crippen molar-refractivity contribution in [1.82, 2.24) is 9.21 Å². The molecule has 5 atom stereocenters. The number of para-hydroxylation sites is 1. The Labute approximate surface area is 258 Å². The molecule has 2 aromatic rings. The van der Waals surface area contributed by atoms with E-state index < -0.39 is 46.0 Å². The third kappa shape index (κ3) is 6.98. The van der Waals surface area contributed by atoms with Crippen LogP contribution in [-0.4, -0.2) is 98.0 Å². The van der Waals surface area contributed by atoms with Crippen LogP contribution in [0.5, 0.6) is 11.5 Å². The maximum absolute atomic E-state index is 14.4. The largest absolute Gasteiger partial charge is 0.465 e. The molecule has 0 saturated carbocycles. The predicted octanol–water partition coefficient (Wildman–Crippen LogP) is 2.88. The molecule has 0 unspecified atom stereocenters. The fourth-order valence-electron chi connectivity index (χ4n) is 6.49. The quantitative estimate of drug-likeness (QED) is 0.282. The van der Waals surface area contributed by atoms with E-state index in [2.05, 4.69) is 0 Å². The molecular weight excluding hydrogens is 590 g/mol. The summed E-state index contributed by atoms with van der Waals surface area (Å²) in [4.78, 5) is 14.1. The number of ether oxygens (including phenoxy) is 4. The number of carboxylic acid groups (broad SMARTS) is 1. The summed E-state index contributed by atoms with van der Waals surface area (Å²) >= 11 is 0. The smallest absolute Gasteiger partial charge is 0.407 e. The van der Waals surface area contributed by atoms with E-state index in [0.29, 0.717) is 38.2 Å². The summed E-state index contributed by atoms with van der Waals surface area (Å²) in [5.74, 6) is 0.258. The monoisotopic (exact) mass is 633 g/mol. The van der Waals surface area contributed by atoms with Crippen molar-refractivity contribution in [1.29, 1.82) is 0 Å². The number of nitrogens with two attached hydrogens (primary N) is 1. The highest BCUT2D eigenvalue weighted by Gasteiger charge is 2.49. The minimum atomic E-state index is -4.24. The topological polar surface area (TPSA) is 161 Å². The van der Waals surface area contributed by atoms with Crippen LogP contribution in [0.2, 0.25) is 0 Å². The fourth-order valence-corrected chi connectivity index (χ4v) is 8.29. The maximum atomic E-state index is 14.4. The van der Waals surface area contributed by atoms with E-state index in [9.17, 15) is 23.4 Å². The first kappa shape index (κ1) is 32.5. The molecule has 12 nitrogen and oxygen atoms in total. The Balaban J connectivity index is 1.51. The van der Waals surface area contributed by atoms with Crippen molar-refractivity contribution in [3.8, 4) is 11.5 Å². The summed E-state index contributed by atoms with van der Waals surface area (Å²) in [6.07, 6.45) is -0.960. The summed E-state index contributed by atoms with van der Waals surface area (Å²) in [6, 6.07) is 12.4. The number of hydrogen-bond donors (Lipinski definition) is 3. The van der Waals surface area contributed by atoms with Crippen molar-refractivity contribution >= 4 is 16.1 Å². The number of fused-ring (bicyclic) bond motifs is 2. The molecule has 3 aliphatic heterocycles. The SMILES string of the molecule is CC(C)(CCCN)CN(C[C@@H](O)[C@H](Cc1ccccc1)N(C(=O)O)[C@H]1CO[C@H]2OCC[C@H]21)S(=O)(=O)c1cccc2c1OCO2. The lowest BCUT2D eigenvalue weighted by atomic mass is 9.87. The first-order chi connectivity index (χ1) is 21.0. The van der Waals surface area contributed by atoms with E-state index in [0.717, 1.165) is 5.56 Å². The van der Waals surface area contributed by atoms with Crippen molar-refractivity contribution in [2.45, 2.75) is 68.9 Å². The van der Waals surface area contributed by atoms with Gasteiger partial charge in [-0.15, -0.1) is 0 Å². The van der Waals surface area contributed by atoms with Gasteiger partial charge in [-0.25, -0.2) is 13.2 Å². The van der Waals surface area contributed by atoms with Gasteiger partial charge in [0.25, 0.3) is 0 Å². The molecule has 3 heterocycles. The highest BCUT2D eigenvalue weighted by atomic mass is 32.2. The Bertz CT molecular complexity index is 1390. The number of amides is 1. The van der Waals surface area contributed by atoms with Crippen LogP contribution in [-0.2, 0) is 25.9 Å². The van der Waals surface area contributed by atoms with E-state index in [1.54, 1.807) is 12.1 Å². The molecule has 2 saturated heterocycles. The van der Waals surface area contributed by atoms with Gasteiger partial charge in [0.15, 0.2) is 17.8 Å². The van der Waals surface area contributed by atoms with Crippen molar-refractivity contribution < 1.29 is 42.4 Å². The summed E-state index contributed by atoms with van der Waals surface area (Å²) in [7, 11) is -4.24. The number of aliphatic hydroxyl groups excluding tert-OH is 1. The Morgan fingerprint density at radius 2 is 1.89 bits per heavy atom. The Morgan fingerprint density at radius 1 is 1.11 bits per heavy atom. The molecule has 44 heavy (non-hydrogen) atoms. The molecule has 0 aromatic heterocycles. The van der Waals surface area contributed by atoms with Gasteiger partial charge in [-0.05, 0) is 55.3 Å². The van der Waals surface area contributed by atoms with Crippen LogP contribution < -0.4 is 15.2 Å². The molecule has 3 aliphatic rings. The zero-order chi connectivity index (χ0) is 31.5. The average Bonchev–Trinajstić information content (AvgIpc) is 3.74. The second kappa shape index (κ2) is 13.6. The summed E-state index contributed by atoms with van der Waals surface area (Å²) in [6.45, 7) is 4.56. The molecular formula is C31H43N3O9S. The minimum absolute atomic E-state index is 0.0626. The molecule has 4 N–H and O–H groups in total. The maximum Gasteiger partial charge on any atom is 0.407 e. The van der Waals surface area contributed by atoms with Gasteiger partial charge in [0.2, 0.25) is 16.8 Å². The molecule has 1 amide bonds. The van der Waals surface area contributed by atoms with Gasteiger partial charge in [-0.3, -0.25) is 4.90 Å². The highest BCUT2D eigenvalue weighted by molar-refractivity contribution is 7.89. The standard InChI is InChI=1S/C31H43N3O9S/c1-31(2,13-7-14-32)19-33(44(38,39)27-11-6-10-26-28(27)43-20-42-26)17-25(35)23(16-21-8-4-3-5-9-21)34(30(36)37)24-18-41-29-22(24)12-15-40-29/h3-6,8-11,22-25,29,35H,7,12-20,32H2,1-2H3,(H,36,37)/t22-,23-,24-,25+,29+/m0/s1. The van der Waals surface area contributed by atoms with E-state index in [1.807, 2.05) is 44.2 Å². The lowest BCUT2D eigenvalue weighted by Crippen LogP contribution is -2.58. The van der Waals surface area contributed by atoms with Crippen LogP contribution in [0.4, 0.5) is 4.79 Å². The van der Waals surface area contributed by atoms with Crippen LogP contribution in [0.15, 0.2) is 53.4 Å². The van der Waals surface area contributed by atoms with Crippen LogP contribution >= 0.6 is 0 Å². The molecule has 0 aliphatic carbocycles. The molecule has 242 valence electrons. The van der Waals surface area contributed by atoms with E-state index in [4.69, 9.17) is 24.7 Å². The van der Waals surface area contributed by atoms with Crippen LogP contribution in [0, 0.1) is 11.3 Å². The van der Waals surface area contributed by atoms with Gasteiger partial charge >= 0.3 is 6.09 Å². The van der Waals surface area contributed by atoms with E-state index in [-0.39, 0.29) is 49.5 Å². The van der Waals surface area contributed by atoms with Gasteiger partial charge in [-0.1, -0.05) is 50.2 Å². The van der Waals surface area contributed by atoms with Gasteiger partial charge in [0.1, 0.15) is 4.90 Å². The third-order valence-corrected chi connectivity index (χ3v) is 10.5. The fraction of sp³-hybridized carbons (Fsp3) is 0.581. The highest BCUT2D eigenvalue weighted by Crippen LogP contribution is 2.41. The van der Waals surface area contributed by atoms with Gasteiger partial charge < -0.3 is 34.9 Å². The third-order valence-electron chi connectivity index (χ3n) is 8.71. The minimum Gasteiger partial charge on any atom is -0.465 e. The lowest BCUT2D eigenvalue weighted by Gasteiger charge is -2.40. The van der Waals surface area contributed by atoms with Crippen LogP contribution in [0.25, 0.3) is 0 Å². The van der Waals surface area contributed by atoms with Crippen molar-refractivity contribution in [3.05, 3.63) is 54.1 Å². The first-order valence-corrected chi connectivity index (χ1v) is 16.5. The number of carbonyl (C=O) groups is 1. The number of rotatable bonds is 14.